The molecule has 1 aromatic rings. The second kappa shape index (κ2) is 7.62. The van der Waals surface area contributed by atoms with Gasteiger partial charge in [-0.3, -0.25) is 0 Å². The third-order valence-electron chi connectivity index (χ3n) is 4.04. The van der Waals surface area contributed by atoms with Crippen LogP contribution >= 0.6 is 0 Å². The summed E-state index contributed by atoms with van der Waals surface area (Å²) in [4.78, 5) is 0. The number of hydrogen-bond acceptors (Lipinski definition) is 4. The van der Waals surface area contributed by atoms with Crippen LogP contribution in [0.1, 0.15) is 43.0 Å². The van der Waals surface area contributed by atoms with Crippen molar-refractivity contribution in [1.29, 1.82) is 0 Å². The van der Waals surface area contributed by atoms with Gasteiger partial charge in [-0.2, -0.15) is 0 Å². The molecule has 0 amide bonds. The molecule has 0 spiro atoms. The Morgan fingerprint density at radius 2 is 2.15 bits per heavy atom. The van der Waals surface area contributed by atoms with Crippen molar-refractivity contribution in [2.45, 2.75) is 38.8 Å². The van der Waals surface area contributed by atoms with Gasteiger partial charge in [-0.1, -0.05) is 6.07 Å². The molecular formula is C16H26N2O2. The summed E-state index contributed by atoms with van der Waals surface area (Å²) in [5, 5.41) is 12.8. The molecule has 1 fully saturated rings. The Kier molecular flexibility index (Phi) is 5.83. The number of aryl methyl sites for hydroxylation is 1. The lowest BCUT2D eigenvalue weighted by molar-refractivity contribution is 0.185. The molecule has 0 saturated carbocycles. The van der Waals surface area contributed by atoms with Gasteiger partial charge in [0.1, 0.15) is 12.0 Å². The summed E-state index contributed by atoms with van der Waals surface area (Å²) in [6, 6.07) is 5.65. The van der Waals surface area contributed by atoms with Crippen LogP contribution < -0.4 is 15.8 Å². The Morgan fingerprint density at radius 3 is 2.80 bits per heavy atom. The molecule has 0 aliphatic carbocycles. The maximum atomic E-state index is 9.39. The summed E-state index contributed by atoms with van der Waals surface area (Å²) in [5.41, 5.74) is 7.20. The first kappa shape index (κ1) is 15.3. The fourth-order valence-electron chi connectivity index (χ4n) is 2.80. The van der Waals surface area contributed by atoms with Gasteiger partial charge < -0.3 is 20.9 Å². The Labute approximate surface area is 121 Å². The molecule has 20 heavy (non-hydrogen) atoms. The van der Waals surface area contributed by atoms with Crippen LogP contribution in [0.25, 0.3) is 0 Å². The van der Waals surface area contributed by atoms with Gasteiger partial charge in [0.15, 0.2) is 0 Å². The van der Waals surface area contributed by atoms with Crippen molar-refractivity contribution in [1.82, 2.24) is 5.32 Å². The molecule has 1 heterocycles. The number of benzene rings is 1. The summed E-state index contributed by atoms with van der Waals surface area (Å²) < 4.78 is 5.77. The summed E-state index contributed by atoms with van der Waals surface area (Å²) >= 11 is 0. The highest BCUT2D eigenvalue weighted by Gasteiger charge is 2.12. The minimum absolute atomic E-state index is 0.757. The first-order valence-corrected chi connectivity index (χ1v) is 7.54. The van der Waals surface area contributed by atoms with Gasteiger partial charge >= 0.3 is 0 Å². The summed E-state index contributed by atoms with van der Waals surface area (Å²) in [6.07, 6.45) is 4.03. The third kappa shape index (κ3) is 4.47. The van der Waals surface area contributed by atoms with Crippen molar-refractivity contribution in [3.8, 4) is 5.75 Å². The average molecular weight is 278 g/mol. The SMILES string of the molecule is Cc1cc(OCCCC2CCNCC2)ccc1C(N)O. The number of hydrogen-bond donors (Lipinski definition) is 3. The fourth-order valence-corrected chi connectivity index (χ4v) is 2.80. The largest absolute Gasteiger partial charge is 0.494 e. The molecule has 0 radical (unpaired) electrons. The summed E-state index contributed by atoms with van der Waals surface area (Å²) in [6.45, 7) is 5.02. The van der Waals surface area contributed by atoms with E-state index in [1.807, 2.05) is 25.1 Å². The van der Waals surface area contributed by atoms with E-state index in [2.05, 4.69) is 5.32 Å². The Bertz CT molecular complexity index is 415. The lowest BCUT2D eigenvalue weighted by Crippen LogP contribution is -2.27. The van der Waals surface area contributed by atoms with Crippen molar-refractivity contribution >= 4 is 0 Å². The van der Waals surface area contributed by atoms with Gasteiger partial charge in [0.25, 0.3) is 0 Å². The van der Waals surface area contributed by atoms with Crippen LogP contribution in [0.15, 0.2) is 18.2 Å². The van der Waals surface area contributed by atoms with E-state index >= 15 is 0 Å². The van der Waals surface area contributed by atoms with Crippen LogP contribution in [0.5, 0.6) is 5.75 Å². The molecule has 0 aromatic heterocycles. The molecule has 2 rings (SSSR count). The molecule has 112 valence electrons. The lowest BCUT2D eigenvalue weighted by Gasteiger charge is -2.22. The van der Waals surface area contributed by atoms with E-state index in [0.717, 1.165) is 48.9 Å². The smallest absolute Gasteiger partial charge is 0.128 e. The number of ether oxygens (including phenoxy) is 1. The number of rotatable bonds is 6. The van der Waals surface area contributed by atoms with Gasteiger partial charge in [-0.25, -0.2) is 0 Å². The Morgan fingerprint density at radius 1 is 1.40 bits per heavy atom. The Balaban J connectivity index is 1.72. The zero-order valence-corrected chi connectivity index (χ0v) is 12.3. The zero-order chi connectivity index (χ0) is 14.4. The van der Waals surface area contributed by atoms with Crippen molar-refractivity contribution in [3.05, 3.63) is 29.3 Å². The number of aliphatic hydroxyl groups excluding tert-OH is 1. The predicted octanol–water partition coefficient (Wildman–Crippen LogP) is 2.10. The van der Waals surface area contributed by atoms with Crippen LogP contribution in [0.2, 0.25) is 0 Å². The molecule has 4 N–H and O–H groups in total. The van der Waals surface area contributed by atoms with E-state index in [1.54, 1.807) is 0 Å². The molecule has 1 saturated heterocycles. The highest BCUT2D eigenvalue weighted by Crippen LogP contribution is 2.21. The van der Waals surface area contributed by atoms with Crippen LogP contribution in [0.3, 0.4) is 0 Å². The van der Waals surface area contributed by atoms with Crippen molar-refractivity contribution in [2.75, 3.05) is 19.7 Å². The van der Waals surface area contributed by atoms with Crippen LogP contribution in [-0.4, -0.2) is 24.8 Å². The maximum Gasteiger partial charge on any atom is 0.128 e. The van der Waals surface area contributed by atoms with E-state index in [4.69, 9.17) is 10.5 Å². The molecule has 1 aromatic carbocycles. The average Bonchev–Trinajstić information content (AvgIpc) is 2.44. The molecule has 0 bridgehead atoms. The highest BCUT2D eigenvalue weighted by atomic mass is 16.5. The fraction of sp³-hybridized carbons (Fsp3) is 0.625. The van der Waals surface area contributed by atoms with E-state index < -0.39 is 6.23 Å². The second-order valence-corrected chi connectivity index (χ2v) is 5.65. The summed E-state index contributed by atoms with van der Waals surface area (Å²) in [5.74, 6) is 1.72. The van der Waals surface area contributed by atoms with Gasteiger partial charge in [0.05, 0.1) is 6.61 Å². The quantitative estimate of drug-likeness (QED) is 0.551. The standard InChI is InChI=1S/C16H26N2O2/c1-12-11-14(4-5-15(12)16(17)19)20-10-2-3-13-6-8-18-9-7-13/h4-5,11,13,16,18-19H,2-3,6-10,17H2,1H3. The minimum Gasteiger partial charge on any atom is -0.494 e. The first-order valence-electron chi connectivity index (χ1n) is 7.54. The van der Waals surface area contributed by atoms with Gasteiger partial charge in [0.2, 0.25) is 0 Å². The predicted molar refractivity (Wildman–Crippen MR) is 80.6 cm³/mol. The minimum atomic E-state index is -0.913. The van der Waals surface area contributed by atoms with Crippen LogP contribution in [-0.2, 0) is 0 Å². The normalized spacial score (nSPS) is 17.9. The van der Waals surface area contributed by atoms with Crippen LogP contribution in [0.4, 0.5) is 0 Å². The topological polar surface area (TPSA) is 67.5 Å². The van der Waals surface area contributed by atoms with Gasteiger partial charge in [-0.15, -0.1) is 0 Å². The van der Waals surface area contributed by atoms with Crippen molar-refractivity contribution in [2.24, 2.45) is 11.7 Å². The third-order valence-corrected chi connectivity index (χ3v) is 4.04. The summed E-state index contributed by atoms with van der Waals surface area (Å²) in [7, 11) is 0. The molecule has 1 atom stereocenters. The molecule has 4 heteroatoms. The molecule has 1 aliphatic heterocycles. The highest BCUT2D eigenvalue weighted by molar-refractivity contribution is 5.35. The number of nitrogens with two attached hydrogens (primary N) is 1. The van der Waals surface area contributed by atoms with E-state index in [1.165, 1.54) is 19.3 Å². The second-order valence-electron chi connectivity index (χ2n) is 5.65. The maximum absolute atomic E-state index is 9.39. The Hall–Kier alpha value is -1.10. The van der Waals surface area contributed by atoms with Gasteiger partial charge in [0, 0.05) is 0 Å². The lowest BCUT2D eigenvalue weighted by atomic mass is 9.93. The zero-order valence-electron chi connectivity index (χ0n) is 12.3. The molecule has 1 aliphatic rings. The van der Waals surface area contributed by atoms with E-state index in [-0.39, 0.29) is 0 Å². The van der Waals surface area contributed by atoms with E-state index in [9.17, 15) is 5.11 Å². The van der Waals surface area contributed by atoms with Crippen molar-refractivity contribution in [3.63, 3.8) is 0 Å². The number of aliphatic hydroxyl groups is 1. The van der Waals surface area contributed by atoms with Crippen molar-refractivity contribution < 1.29 is 9.84 Å². The molecular weight excluding hydrogens is 252 g/mol. The first-order chi connectivity index (χ1) is 9.66. The molecule has 1 unspecified atom stereocenters. The van der Waals surface area contributed by atoms with Gasteiger partial charge in [-0.05, 0) is 74.9 Å². The monoisotopic (exact) mass is 278 g/mol. The number of piperidine rings is 1. The van der Waals surface area contributed by atoms with Crippen LogP contribution in [0, 0.1) is 12.8 Å². The van der Waals surface area contributed by atoms with E-state index in [0.29, 0.717) is 0 Å². The number of nitrogens with one attached hydrogen (secondary N) is 1. The molecule has 4 nitrogen and oxygen atoms in total.